The van der Waals surface area contributed by atoms with Crippen LogP contribution in [-0.4, -0.2) is 24.3 Å². The number of piperidine rings is 1. The van der Waals surface area contributed by atoms with Crippen molar-refractivity contribution in [3.8, 4) is 11.8 Å². The second kappa shape index (κ2) is 4.32. The summed E-state index contributed by atoms with van der Waals surface area (Å²) in [6.45, 7) is 1.06. The molecular weight excluding hydrogens is 126 g/mol. The van der Waals surface area contributed by atoms with E-state index in [0.717, 1.165) is 13.0 Å². The molecule has 0 radical (unpaired) electrons. The van der Waals surface area contributed by atoms with Gasteiger partial charge in [-0.2, -0.15) is 0 Å². The molecule has 1 unspecified atom stereocenters. The minimum Gasteiger partial charge on any atom is -0.384 e. The van der Waals surface area contributed by atoms with Gasteiger partial charge in [-0.1, -0.05) is 11.8 Å². The van der Waals surface area contributed by atoms with Crippen LogP contribution in [0.1, 0.15) is 19.3 Å². The zero-order chi connectivity index (χ0) is 7.23. The summed E-state index contributed by atoms with van der Waals surface area (Å²) in [5, 5.41) is 11.7. The maximum absolute atomic E-state index is 8.40. The van der Waals surface area contributed by atoms with Gasteiger partial charge in [0.05, 0.1) is 6.04 Å². The van der Waals surface area contributed by atoms with E-state index < -0.39 is 0 Å². The van der Waals surface area contributed by atoms with E-state index in [1.165, 1.54) is 12.8 Å². The summed E-state index contributed by atoms with van der Waals surface area (Å²) in [6, 6.07) is 0.334. The average Bonchev–Trinajstić information content (AvgIpc) is 2.03. The van der Waals surface area contributed by atoms with E-state index in [0.29, 0.717) is 6.04 Å². The molecule has 1 aliphatic heterocycles. The Morgan fingerprint density at radius 3 is 3.00 bits per heavy atom. The fourth-order valence-electron chi connectivity index (χ4n) is 1.14. The molecule has 0 aromatic rings. The zero-order valence-corrected chi connectivity index (χ0v) is 6.06. The van der Waals surface area contributed by atoms with Gasteiger partial charge in [-0.05, 0) is 25.8 Å². The highest BCUT2D eigenvalue weighted by molar-refractivity contribution is 5.08. The molecule has 1 atom stereocenters. The number of hydrogen-bond donors (Lipinski definition) is 2. The van der Waals surface area contributed by atoms with Gasteiger partial charge in [0.2, 0.25) is 0 Å². The van der Waals surface area contributed by atoms with Gasteiger partial charge in [0.25, 0.3) is 0 Å². The van der Waals surface area contributed by atoms with Crippen molar-refractivity contribution in [2.24, 2.45) is 0 Å². The zero-order valence-electron chi connectivity index (χ0n) is 6.06. The average molecular weight is 139 g/mol. The van der Waals surface area contributed by atoms with Gasteiger partial charge >= 0.3 is 0 Å². The van der Waals surface area contributed by atoms with Crippen molar-refractivity contribution in [2.45, 2.75) is 25.3 Å². The Morgan fingerprint density at radius 1 is 1.50 bits per heavy atom. The first-order valence-electron chi connectivity index (χ1n) is 3.76. The Hall–Kier alpha value is -0.520. The summed E-state index contributed by atoms with van der Waals surface area (Å²) in [4.78, 5) is 0. The lowest BCUT2D eigenvalue weighted by Gasteiger charge is -2.17. The van der Waals surface area contributed by atoms with E-state index >= 15 is 0 Å². The van der Waals surface area contributed by atoms with Crippen molar-refractivity contribution in [3.63, 3.8) is 0 Å². The van der Waals surface area contributed by atoms with Gasteiger partial charge in [0.1, 0.15) is 6.61 Å². The summed E-state index contributed by atoms with van der Waals surface area (Å²) < 4.78 is 0. The van der Waals surface area contributed by atoms with Crippen LogP contribution in [0.5, 0.6) is 0 Å². The van der Waals surface area contributed by atoms with Crippen molar-refractivity contribution in [1.82, 2.24) is 5.32 Å². The summed E-state index contributed by atoms with van der Waals surface area (Å²) in [6.07, 6.45) is 3.65. The topological polar surface area (TPSA) is 32.3 Å². The van der Waals surface area contributed by atoms with Crippen LogP contribution in [0.15, 0.2) is 0 Å². The fraction of sp³-hybridized carbons (Fsp3) is 0.750. The summed E-state index contributed by atoms with van der Waals surface area (Å²) in [5.41, 5.74) is 0. The Morgan fingerprint density at radius 2 is 2.40 bits per heavy atom. The molecule has 1 fully saturated rings. The van der Waals surface area contributed by atoms with Gasteiger partial charge in [0, 0.05) is 0 Å². The lowest BCUT2D eigenvalue weighted by Crippen LogP contribution is -2.32. The SMILES string of the molecule is OCC#CC1CCCCN1. The van der Waals surface area contributed by atoms with Crippen LogP contribution >= 0.6 is 0 Å². The van der Waals surface area contributed by atoms with Crippen LogP contribution in [0.4, 0.5) is 0 Å². The second-order valence-corrected chi connectivity index (χ2v) is 2.48. The molecule has 1 rings (SSSR count). The van der Waals surface area contributed by atoms with E-state index in [-0.39, 0.29) is 6.61 Å². The molecule has 0 saturated carbocycles. The van der Waals surface area contributed by atoms with Crippen LogP contribution in [0.25, 0.3) is 0 Å². The van der Waals surface area contributed by atoms with Crippen LogP contribution in [0, 0.1) is 11.8 Å². The molecule has 0 spiro atoms. The van der Waals surface area contributed by atoms with Gasteiger partial charge in [-0.25, -0.2) is 0 Å². The van der Waals surface area contributed by atoms with Crippen molar-refractivity contribution < 1.29 is 5.11 Å². The molecule has 0 bridgehead atoms. The van der Waals surface area contributed by atoms with E-state index in [9.17, 15) is 0 Å². The minimum atomic E-state index is -0.0157. The molecule has 0 aromatic heterocycles. The lowest BCUT2D eigenvalue weighted by atomic mass is 10.1. The lowest BCUT2D eigenvalue weighted by molar-refractivity contribution is 0.350. The highest BCUT2D eigenvalue weighted by atomic mass is 16.2. The fourth-order valence-corrected chi connectivity index (χ4v) is 1.14. The highest BCUT2D eigenvalue weighted by Crippen LogP contribution is 2.04. The van der Waals surface area contributed by atoms with Gasteiger partial charge in [0.15, 0.2) is 0 Å². The summed E-state index contributed by atoms with van der Waals surface area (Å²) in [5.74, 6) is 5.62. The van der Waals surface area contributed by atoms with Gasteiger partial charge in [-0.15, -0.1) is 0 Å². The van der Waals surface area contributed by atoms with Gasteiger partial charge in [-0.3, -0.25) is 0 Å². The maximum atomic E-state index is 8.40. The predicted octanol–water partition coefficient (Wildman–Crippen LogP) is 0.124. The van der Waals surface area contributed by atoms with E-state index in [4.69, 9.17) is 5.11 Å². The third-order valence-electron chi connectivity index (χ3n) is 1.67. The van der Waals surface area contributed by atoms with Crippen molar-refractivity contribution in [2.75, 3.05) is 13.2 Å². The monoisotopic (exact) mass is 139 g/mol. The van der Waals surface area contributed by atoms with Crippen molar-refractivity contribution >= 4 is 0 Å². The van der Waals surface area contributed by atoms with E-state index in [2.05, 4.69) is 17.2 Å². The van der Waals surface area contributed by atoms with Crippen LogP contribution in [0.2, 0.25) is 0 Å². The Balaban J connectivity index is 2.25. The summed E-state index contributed by atoms with van der Waals surface area (Å²) >= 11 is 0. The molecule has 56 valence electrons. The highest BCUT2D eigenvalue weighted by Gasteiger charge is 2.07. The molecule has 10 heavy (non-hydrogen) atoms. The molecule has 2 N–H and O–H groups in total. The Labute approximate surface area is 61.6 Å². The normalized spacial score (nSPS) is 25.1. The smallest absolute Gasteiger partial charge is 0.104 e. The van der Waals surface area contributed by atoms with Crippen LogP contribution in [-0.2, 0) is 0 Å². The number of hydrogen-bond acceptors (Lipinski definition) is 2. The molecule has 1 saturated heterocycles. The largest absolute Gasteiger partial charge is 0.384 e. The maximum Gasteiger partial charge on any atom is 0.104 e. The van der Waals surface area contributed by atoms with Crippen molar-refractivity contribution in [3.05, 3.63) is 0 Å². The van der Waals surface area contributed by atoms with Gasteiger partial charge < -0.3 is 10.4 Å². The Kier molecular flexibility index (Phi) is 3.28. The number of aliphatic hydroxyl groups excluding tert-OH is 1. The molecule has 2 heteroatoms. The number of aliphatic hydroxyl groups is 1. The van der Waals surface area contributed by atoms with Crippen LogP contribution < -0.4 is 5.32 Å². The number of nitrogens with one attached hydrogen (secondary N) is 1. The van der Waals surface area contributed by atoms with E-state index in [1.54, 1.807) is 0 Å². The first-order valence-corrected chi connectivity index (χ1v) is 3.76. The molecule has 2 nitrogen and oxygen atoms in total. The summed E-state index contributed by atoms with van der Waals surface area (Å²) in [7, 11) is 0. The standard InChI is InChI=1S/C8H13NO/c10-7-3-5-8-4-1-2-6-9-8/h8-10H,1-2,4,6-7H2. The number of rotatable bonds is 0. The quantitative estimate of drug-likeness (QED) is 0.467. The minimum absolute atomic E-state index is 0.0157. The first-order chi connectivity index (χ1) is 4.93. The molecule has 0 aliphatic carbocycles. The molecule has 1 heterocycles. The molecular formula is C8H13NO. The third-order valence-corrected chi connectivity index (χ3v) is 1.67. The van der Waals surface area contributed by atoms with Crippen molar-refractivity contribution in [1.29, 1.82) is 0 Å². The molecule has 0 aromatic carbocycles. The van der Waals surface area contributed by atoms with Crippen LogP contribution in [0.3, 0.4) is 0 Å². The second-order valence-electron chi connectivity index (χ2n) is 2.48. The Bertz CT molecular complexity index is 139. The molecule has 0 amide bonds. The third kappa shape index (κ3) is 2.38. The molecule has 1 aliphatic rings. The van der Waals surface area contributed by atoms with E-state index in [1.807, 2.05) is 0 Å². The predicted molar refractivity (Wildman–Crippen MR) is 40.5 cm³/mol. The first kappa shape index (κ1) is 7.59.